The Morgan fingerprint density at radius 2 is 2.00 bits per heavy atom. The fourth-order valence-electron chi connectivity index (χ4n) is 1.35. The van der Waals surface area contributed by atoms with Gasteiger partial charge < -0.3 is 4.74 Å². The summed E-state index contributed by atoms with van der Waals surface area (Å²) < 4.78 is 5.04. The van der Waals surface area contributed by atoms with Gasteiger partial charge in [-0.15, -0.1) is 0 Å². The van der Waals surface area contributed by atoms with Crippen LogP contribution in [0.5, 0.6) is 0 Å². The van der Waals surface area contributed by atoms with Crippen molar-refractivity contribution in [3.05, 3.63) is 23.8 Å². The lowest BCUT2D eigenvalue weighted by Gasteiger charge is -2.09. The minimum absolute atomic E-state index is 0.237. The molecule has 0 aromatic heterocycles. The molecule has 0 amide bonds. The van der Waals surface area contributed by atoms with Crippen molar-refractivity contribution in [2.45, 2.75) is 47.0 Å². The van der Waals surface area contributed by atoms with Crippen molar-refractivity contribution >= 4 is 5.97 Å². The van der Waals surface area contributed by atoms with E-state index in [4.69, 9.17) is 4.74 Å². The molecule has 1 atom stereocenters. The summed E-state index contributed by atoms with van der Waals surface area (Å²) in [6, 6.07) is 0. The largest absolute Gasteiger partial charge is 0.463 e. The number of hydrogen-bond donors (Lipinski definition) is 0. The lowest BCUT2D eigenvalue weighted by Crippen LogP contribution is -2.06. The van der Waals surface area contributed by atoms with Crippen molar-refractivity contribution < 1.29 is 9.53 Å². The van der Waals surface area contributed by atoms with Crippen molar-refractivity contribution in [3.8, 4) is 0 Å². The molecule has 2 heteroatoms. The highest BCUT2D eigenvalue weighted by Gasteiger charge is 2.02. The molecule has 1 unspecified atom stereocenters. The third kappa shape index (κ3) is 9.50. The highest BCUT2D eigenvalue weighted by Crippen LogP contribution is 2.11. The summed E-state index contributed by atoms with van der Waals surface area (Å²) in [5.41, 5.74) is 1.37. The zero-order chi connectivity index (χ0) is 12.4. The summed E-state index contributed by atoms with van der Waals surface area (Å²) in [7, 11) is 0. The summed E-state index contributed by atoms with van der Waals surface area (Å²) >= 11 is 0. The van der Waals surface area contributed by atoms with E-state index in [0.717, 1.165) is 19.3 Å². The molecule has 0 N–H and O–H groups in total. The molecule has 0 radical (unpaired) electrons. The van der Waals surface area contributed by atoms with Crippen LogP contribution >= 0.6 is 0 Å². The number of esters is 1. The van der Waals surface area contributed by atoms with E-state index in [2.05, 4.69) is 26.8 Å². The van der Waals surface area contributed by atoms with E-state index in [1.165, 1.54) is 11.6 Å². The van der Waals surface area contributed by atoms with Crippen LogP contribution in [-0.4, -0.2) is 12.6 Å². The highest BCUT2D eigenvalue weighted by atomic mass is 16.5. The van der Waals surface area contributed by atoms with Gasteiger partial charge in [-0.2, -0.15) is 0 Å². The van der Waals surface area contributed by atoms with Crippen molar-refractivity contribution in [2.24, 2.45) is 5.92 Å². The van der Waals surface area contributed by atoms with Gasteiger partial charge in [-0.3, -0.25) is 0 Å². The predicted molar refractivity (Wildman–Crippen MR) is 68.2 cm³/mol. The number of carbonyl (C=O) groups excluding carboxylic acids is 1. The predicted octanol–water partition coefficient (Wildman–Crippen LogP) is 3.88. The second kappa shape index (κ2) is 9.20. The van der Waals surface area contributed by atoms with Gasteiger partial charge in [0.2, 0.25) is 0 Å². The van der Waals surface area contributed by atoms with Crippen LogP contribution in [-0.2, 0) is 9.53 Å². The van der Waals surface area contributed by atoms with Crippen LogP contribution in [0, 0.1) is 5.92 Å². The van der Waals surface area contributed by atoms with Gasteiger partial charge in [-0.05, 0) is 46.0 Å². The maximum absolute atomic E-state index is 11.0. The molecule has 0 heterocycles. The lowest BCUT2D eigenvalue weighted by atomic mass is 10.0. The van der Waals surface area contributed by atoms with E-state index < -0.39 is 0 Å². The van der Waals surface area contributed by atoms with Gasteiger partial charge >= 0.3 is 5.97 Å². The molecular weight excluding hydrogens is 200 g/mol. The molecule has 0 aliphatic rings. The minimum atomic E-state index is -0.237. The number of allylic oxidation sites excluding steroid dienone is 3. The molecule has 0 bridgehead atoms. The van der Waals surface area contributed by atoms with Gasteiger partial charge in [0.05, 0.1) is 6.61 Å². The van der Waals surface area contributed by atoms with E-state index in [0.29, 0.717) is 12.5 Å². The van der Waals surface area contributed by atoms with E-state index in [9.17, 15) is 4.79 Å². The molecule has 92 valence electrons. The SMILES string of the molecule is C/C=C/C(=O)OCCC(C)CCC=C(C)C. The van der Waals surface area contributed by atoms with E-state index in [-0.39, 0.29) is 5.97 Å². The molecule has 0 fully saturated rings. The number of hydrogen-bond acceptors (Lipinski definition) is 2. The van der Waals surface area contributed by atoms with Gasteiger partial charge in [-0.25, -0.2) is 4.79 Å². The second-order valence-electron chi connectivity index (χ2n) is 4.42. The van der Waals surface area contributed by atoms with Gasteiger partial charge in [0.1, 0.15) is 0 Å². The van der Waals surface area contributed by atoms with Crippen LogP contribution in [0.15, 0.2) is 23.8 Å². The first kappa shape index (κ1) is 14.9. The topological polar surface area (TPSA) is 26.3 Å². The average molecular weight is 224 g/mol. The van der Waals surface area contributed by atoms with Crippen LogP contribution in [0.25, 0.3) is 0 Å². The average Bonchev–Trinajstić information content (AvgIpc) is 2.17. The second-order valence-corrected chi connectivity index (χ2v) is 4.42. The first-order valence-electron chi connectivity index (χ1n) is 5.99. The monoisotopic (exact) mass is 224 g/mol. The van der Waals surface area contributed by atoms with Crippen molar-refractivity contribution in [1.29, 1.82) is 0 Å². The maximum atomic E-state index is 11.0. The zero-order valence-electron chi connectivity index (χ0n) is 11.0. The first-order chi connectivity index (χ1) is 7.56. The Bertz CT molecular complexity index is 247. The molecule has 0 saturated heterocycles. The molecule has 0 saturated carbocycles. The molecule has 2 nitrogen and oxygen atoms in total. The third-order valence-corrected chi connectivity index (χ3v) is 2.37. The number of carbonyl (C=O) groups is 1. The molecular formula is C14H24O2. The van der Waals surface area contributed by atoms with Gasteiger partial charge in [0.15, 0.2) is 0 Å². The number of ether oxygens (including phenoxy) is 1. The van der Waals surface area contributed by atoms with Crippen LogP contribution in [0.4, 0.5) is 0 Å². The fourth-order valence-corrected chi connectivity index (χ4v) is 1.35. The highest BCUT2D eigenvalue weighted by molar-refractivity contribution is 5.81. The molecule has 16 heavy (non-hydrogen) atoms. The smallest absolute Gasteiger partial charge is 0.330 e. The van der Waals surface area contributed by atoms with E-state index >= 15 is 0 Å². The Morgan fingerprint density at radius 3 is 2.56 bits per heavy atom. The Kier molecular flexibility index (Phi) is 8.59. The Morgan fingerprint density at radius 1 is 1.31 bits per heavy atom. The molecule has 0 aliphatic carbocycles. The normalized spacial score (nSPS) is 12.5. The van der Waals surface area contributed by atoms with E-state index in [1.54, 1.807) is 6.08 Å². The van der Waals surface area contributed by atoms with Crippen LogP contribution in [0.2, 0.25) is 0 Å². The summed E-state index contributed by atoms with van der Waals surface area (Å²) in [6.45, 7) is 8.76. The summed E-state index contributed by atoms with van der Waals surface area (Å²) in [6.07, 6.45) is 8.62. The standard InChI is InChI=1S/C14H24O2/c1-5-7-14(15)16-11-10-13(4)9-6-8-12(2)3/h5,7-8,13H,6,9-11H2,1-4H3/b7-5+. The fraction of sp³-hybridized carbons (Fsp3) is 0.643. The first-order valence-corrected chi connectivity index (χ1v) is 5.99. The maximum Gasteiger partial charge on any atom is 0.330 e. The van der Waals surface area contributed by atoms with Crippen LogP contribution in [0.1, 0.15) is 47.0 Å². The summed E-state index contributed by atoms with van der Waals surface area (Å²) in [5, 5.41) is 0. The molecule has 0 aromatic rings. The van der Waals surface area contributed by atoms with Crippen molar-refractivity contribution in [2.75, 3.05) is 6.61 Å². The Balaban J connectivity index is 3.54. The molecule has 0 rings (SSSR count). The van der Waals surface area contributed by atoms with Gasteiger partial charge in [0, 0.05) is 6.08 Å². The Labute approximate surface area is 99.4 Å². The zero-order valence-corrected chi connectivity index (χ0v) is 11.0. The lowest BCUT2D eigenvalue weighted by molar-refractivity contribution is -0.138. The molecule has 0 spiro atoms. The van der Waals surface area contributed by atoms with E-state index in [1.807, 2.05) is 6.92 Å². The third-order valence-electron chi connectivity index (χ3n) is 2.37. The molecule has 0 aromatic carbocycles. The van der Waals surface area contributed by atoms with Gasteiger partial charge in [0.25, 0.3) is 0 Å². The number of rotatable bonds is 7. The quantitative estimate of drug-likeness (QED) is 0.373. The van der Waals surface area contributed by atoms with Crippen LogP contribution in [0.3, 0.4) is 0 Å². The summed E-state index contributed by atoms with van der Waals surface area (Å²) in [4.78, 5) is 11.0. The Hall–Kier alpha value is -1.05. The minimum Gasteiger partial charge on any atom is -0.463 e. The van der Waals surface area contributed by atoms with Crippen molar-refractivity contribution in [1.82, 2.24) is 0 Å². The summed E-state index contributed by atoms with van der Waals surface area (Å²) in [5.74, 6) is 0.369. The van der Waals surface area contributed by atoms with Gasteiger partial charge in [-0.1, -0.05) is 24.6 Å². The van der Waals surface area contributed by atoms with Crippen LogP contribution < -0.4 is 0 Å². The molecule has 0 aliphatic heterocycles. The van der Waals surface area contributed by atoms with Crippen molar-refractivity contribution in [3.63, 3.8) is 0 Å².